The van der Waals surface area contributed by atoms with Crippen LogP contribution in [0.4, 0.5) is 5.82 Å². The second-order valence-corrected chi connectivity index (χ2v) is 9.87. The average molecular weight is 533 g/mol. The zero-order valence-electron chi connectivity index (χ0n) is 22.1. The molecule has 3 heterocycles. The van der Waals surface area contributed by atoms with Crippen LogP contribution >= 0.6 is 0 Å². The van der Waals surface area contributed by atoms with E-state index >= 15 is 0 Å². The summed E-state index contributed by atoms with van der Waals surface area (Å²) in [5.74, 6) is 1.23. The molecule has 0 spiro atoms. The van der Waals surface area contributed by atoms with E-state index in [1.54, 1.807) is 35.0 Å². The van der Waals surface area contributed by atoms with Crippen LogP contribution in [0.15, 0.2) is 72.9 Å². The molecule has 5 aromatic rings. The molecule has 0 unspecified atom stereocenters. The molecule has 6 rings (SSSR count). The number of carbonyl (C=O) groups excluding carboxylic acids is 1. The number of hydrogen-bond acceptors (Lipinski definition) is 7. The Balaban J connectivity index is 1.21. The number of nitrogen functional groups attached to an aromatic ring is 1. The van der Waals surface area contributed by atoms with Gasteiger partial charge in [0.2, 0.25) is 5.78 Å². The number of morpholine rings is 1. The number of nitrogens with zero attached hydrogens (tertiary/aromatic N) is 4. The Labute approximate surface area is 231 Å². The molecule has 3 N–H and O–H groups in total. The number of ketones is 1. The minimum Gasteiger partial charge on any atom is -0.457 e. The summed E-state index contributed by atoms with van der Waals surface area (Å²) in [4.78, 5) is 19.1. The molecule has 1 aliphatic heterocycles. The highest BCUT2D eigenvalue weighted by molar-refractivity contribution is 6.12. The zero-order valence-corrected chi connectivity index (χ0v) is 22.1. The summed E-state index contributed by atoms with van der Waals surface area (Å²) in [5.41, 5.74) is 11.5. The average Bonchev–Trinajstić information content (AvgIpc) is 3.57. The van der Waals surface area contributed by atoms with Crippen molar-refractivity contribution >= 4 is 22.5 Å². The van der Waals surface area contributed by atoms with Crippen LogP contribution in [0.5, 0.6) is 11.5 Å². The maximum Gasteiger partial charge on any atom is 0.214 e. The van der Waals surface area contributed by atoms with Crippen LogP contribution in [0.25, 0.3) is 16.6 Å². The van der Waals surface area contributed by atoms with Crippen molar-refractivity contribution in [3.8, 4) is 23.3 Å². The monoisotopic (exact) mass is 532 g/mol. The van der Waals surface area contributed by atoms with E-state index in [0.717, 1.165) is 55.0 Å². The maximum absolute atomic E-state index is 13.4. The molecule has 0 amide bonds. The van der Waals surface area contributed by atoms with Crippen molar-refractivity contribution < 1.29 is 14.3 Å². The number of nitrogens with two attached hydrogens (primary N) is 1. The van der Waals surface area contributed by atoms with Gasteiger partial charge < -0.3 is 20.2 Å². The summed E-state index contributed by atoms with van der Waals surface area (Å²) in [5, 5.41) is 14.5. The summed E-state index contributed by atoms with van der Waals surface area (Å²) in [6, 6.07) is 22.7. The minimum atomic E-state index is -0.218. The van der Waals surface area contributed by atoms with Gasteiger partial charge in [-0.1, -0.05) is 18.2 Å². The number of anilines is 1. The molecule has 9 heteroatoms. The van der Waals surface area contributed by atoms with Gasteiger partial charge in [-0.15, -0.1) is 0 Å². The molecule has 200 valence electrons. The summed E-state index contributed by atoms with van der Waals surface area (Å²) in [6.45, 7) is 6.11. The third-order valence-corrected chi connectivity index (χ3v) is 7.09. The Morgan fingerprint density at radius 2 is 1.93 bits per heavy atom. The van der Waals surface area contributed by atoms with E-state index in [-0.39, 0.29) is 11.6 Å². The van der Waals surface area contributed by atoms with Gasteiger partial charge in [-0.25, -0.2) is 4.68 Å². The molecule has 0 atom stereocenters. The highest BCUT2D eigenvalue weighted by atomic mass is 16.5. The summed E-state index contributed by atoms with van der Waals surface area (Å²) >= 11 is 0. The lowest BCUT2D eigenvalue weighted by atomic mass is 10.1. The number of aromatic nitrogens is 3. The van der Waals surface area contributed by atoms with Crippen molar-refractivity contribution in [3.05, 3.63) is 101 Å². The van der Waals surface area contributed by atoms with Gasteiger partial charge in [0, 0.05) is 30.5 Å². The van der Waals surface area contributed by atoms with Crippen LogP contribution in [0, 0.1) is 18.3 Å². The first-order valence-corrected chi connectivity index (χ1v) is 13.1. The Morgan fingerprint density at radius 3 is 2.73 bits per heavy atom. The summed E-state index contributed by atoms with van der Waals surface area (Å²) in [7, 11) is 0. The smallest absolute Gasteiger partial charge is 0.214 e. The number of nitriles is 1. The van der Waals surface area contributed by atoms with E-state index in [2.05, 4.69) is 33.2 Å². The van der Waals surface area contributed by atoms with Gasteiger partial charge in [0.25, 0.3) is 0 Å². The van der Waals surface area contributed by atoms with Crippen molar-refractivity contribution in [3.63, 3.8) is 0 Å². The maximum atomic E-state index is 13.4. The molecule has 2 aromatic heterocycles. The normalized spacial score (nSPS) is 13.8. The first-order chi connectivity index (χ1) is 19.5. The molecule has 0 radical (unpaired) electrons. The Hall–Kier alpha value is -4.91. The third-order valence-electron chi connectivity index (χ3n) is 7.09. The van der Waals surface area contributed by atoms with Crippen LogP contribution in [0.2, 0.25) is 0 Å². The molecule has 9 nitrogen and oxygen atoms in total. The van der Waals surface area contributed by atoms with Crippen molar-refractivity contribution in [1.82, 2.24) is 19.7 Å². The molecular formula is C31H28N6O3. The lowest BCUT2D eigenvalue weighted by Crippen LogP contribution is -2.35. The Morgan fingerprint density at radius 1 is 1.10 bits per heavy atom. The topological polar surface area (TPSA) is 122 Å². The molecule has 0 aliphatic carbocycles. The Bertz CT molecular complexity index is 1760. The number of fused-ring (bicyclic) bond motifs is 1. The van der Waals surface area contributed by atoms with Gasteiger partial charge in [0.05, 0.1) is 48.0 Å². The van der Waals surface area contributed by atoms with Crippen LogP contribution in [-0.2, 0) is 11.3 Å². The highest BCUT2D eigenvalue weighted by Gasteiger charge is 2.21. The number of nitrogens with one attached hydrogen (secondary N) is 1. The van der Waals surface area contributed by atoms with Crippen LogP contribution in [-0.4, -0.2) is 51.8 Å². The zero-order chi connectivity index (χ0) is 27.6. The van der Waals surface area contributed by atoms with Gasteiger partial charge >= 0.3 is 0 Å². The van der Waals surface area contributed by atoms with Gasteiger partial charge in [-0.3, -0.25) is 9.69 Å². The van der Waals surface area contributed by atoms with Crippen molar-refractivity contribution in [2.45, 2.75) is 13.5 Å². The van der Waals surface area contributed by atoms with Crippen molar-refractivity contribution in [2.75, 3.05) is 32.0 Å². The number of benzene rings is 3. The van der Waals surface area contributed by atoms with Crippen molar-refractivity contribution in [1.29, 1.82) is 5.26 Å². The number of aryl methyl sites for hydroxylation is 1. The number of ether oxygens (including phenoxy) is 2. The van der Waals surface area contributed by atoms with Gasteiger partial charge in [-0.05, 0) is 66.6 Å². The predicted molar refractivity (Wildman–Crippen MR) is 152 cm³/mol. The molecule has 1 saturated heterocycles. The highest BCUT2D eigenvalue weighted by Crippen LogP contribution is 2.29. The lowest BCUT2D eigenvalue weighted by Gasteiger charge is -2.26. The first-order valence-electron chi connectivity index (χ1n) is 13.1. The molecule has 40 heavy (non-hydrogen) atoms. The number of rotatable bonds is 7. The van der Waals surface area contributed by atoms with Gasteiger partial charge in [-0.2, -0.15) is 10.4 Å². The molecule has 1 fully saturated rings. The van der Waals surface area contributed by atoms with Gasteiger partial charge in [0.15, 0.2) is 0 Å². The molecule has 0 bridgehead atoms. The number of hydrogen-bond donors (Lipinski definition) is 2. The van der Waals surface area contributed by atoms with Crippen LogP contribution in [0.3, 0.4) is 0 Å². The SMILES string of the molecule is Cc1cc(Oc2cccc(C#N)c2)ccc1-n1ncc(C(=O)c2cc3ccc(CN4CCOCC4)cc3[nH]2)c1N. The largest absolute Gasteiger partial charge is 0.457 e. The number of carbonyl (C=O) groups is 1. The molecular weight excluding hydrogens is 504 g/mol. The summed E-state index contributed by atoms with van der Waals surface area (Å²) in [6.07, 6.45) is 1.50. The summed E-state index contributed by atoms with van der Waals surface area (Å²) < 4.78 is 12.9. The number of H-pyrrole nitrogens is 1. The van der Waals surface area contributed by atoms with E-state index in [4.69, 9.17) is 20.5 Å². The fraction of sp³-hybridized carbons (Fsp3) is 0.194. The quantitative estimate of drug-likeness (QED) is 0.284. The van der Waals surface area contributed by atoms with E-state index < -0.39 is 0 Å². The first kappa shape index (κ1) is 25.4. The van der Waals surface area contributed by atoms with Crippen molar-refractivity contribution in [2.24, 2.45) is 0 Å². The molecule has 0 saturated carbocycles. The fourth-order valence-electron chi connectivity index (χ4n) is 4.98. The second-order valence-electron chi connectivity index (χ2n) is 9.87. The van der Waals surface area contributed by atoms with E-state index in [0.29, 0.717) is 28.3 Å². The lowest BCUT2D eigenvalue weighted by molar-refractivity contribution is 0.0342. The minimum absolute atomic E-state index is 0.218. The third kappa shape index (κ3) is 5.06. The predicted octanol–water partition coefficient (Wildman–Crippen LogP) is 4.97. The van der Waals surface area contributed by atoms with E-state index in [1.165, 1.54) is 11.8 Å². The Kier molecular flexibility index (Phi) is 6.78. The molecule has 3 aromatic carbocycles. The number of aromatic amines is 1. The van der Waals surface area contributed by atoms with E-state index in [9.17, 15) is 4.79 Å². The van der Waals surface area contributed by atoms with Crippen LogP contribution in [0.1, 0.15) is 32.7 Å². The fourth-order valence-corrected chi connectivity index (χ4v) is 4.98. The van der Waals surface area contributed by atoms with E-state index in [1.807, 2.05) is 31.2 Å². The van der Waals surface area contributed by atoms with Gasteiger partial charge in [0.1, 0.15) is 17.3 Å². The van der Waals surface area contributed by atoms with Crippen LogP contribution < -0.4 is 10.5 Å². The molecule has 1 aliphatic rings. The second kappa shape index (κ2) is 10.7. The standard InChI is InChI=1S/C31H28N6O3/c1-20-13-25(40-24-4-2-3-21(14-24)17-32)7-8-29(20)37-31(33)26(18-34-37)30(38)28-16-23-6-5-22(15-27(23)35-28)19-36-9-11-39-12-10-36/h2-8,13-16,18,35H,9-12,19,33H2,1H3.